The Labute approximate surface area is 191 Å². The largest absolute Gasteiger partial charge is 0.452 e. The monoisotopic (exact) mass is 472 g/mol. The van der Waals surface area contributed by atoms with Crippen molar-refractivity contribution in [2.45, 2.75) is 4.90 Å². The number of rotatable bonds is 5. The zero-order valence-electron chi connectivity index (χ0n) is 17.1. The van der Waals surface area contributed by atoms with Crippen LogP contribution in [-0.2, 0) is 19.6 Å². The second kappa shape index (κ2) is 9.28. The Balaban J connectivity index is 1.34. The molecule has 0 aliphatic carbocycles. The predicted molar refractivity (Wildman–Crippen MR) is 121 cm³/mol. The van der Waals surface area contributed by atoms with Gasteiger partial charge in [-0.3, -0.25) is 4.79 Å². The molecule has 1 aliphatic rings. The van der Waals surface area contributed by atoms with Gasteiger partial charge in [-0.05, 0) is 41.1 Å². The van der Waals surface area contributed by atoms with Gasteiger partial charge in [0, 0.05) is 31.2 Å². The van der Waals surface area contributed by atoms with Gasteiger partial charge in [-0.25, -0.2) is 13.2 Å². The first-order valence-corrected chi connectivity index (χ1v) is 11.9. The fourth-order valence-corrected chi connectivity index (χ4v) is 5.22. The van der Waals surface area contributed by atoms with Gasteiger partial charge in [0.15, 0.2) is 6.61 Å². The lowest BCUT2D eigenvalue weighted by molar-refractivity contribution is -0.135. The molecule has 0 bridgehead atoms. The van der Waals surface area contributed by atoms with Crippen LogP contribution in [0.25, 0.3) is 10.8 Å². The number of fused-ring (bicyclic) bond motifs is 1. The highest BCUT2D eigenvalue weighted by atomic mass is 35.5. The first-order chi connectivity index (χ1) is 15.3. The summed E-state index contributed by atoms with van der Waals surface area (Å²) in [7, 11) is -3.67. The maximum atomic E-state index is 13.0. The normalized spacial score (nSPS) is 15.0. The first-order valence-electron chi connectivity index (χ1n) is 10.0. The topological polar surface area (TPSA) is 84.0 Å². The first kappa shape index (κ1) is 22.3. The summed E-state index contributed by atoms with van der Waals surface area (Å²) in [6.07, 6.45) is 0. The second-order valence-corrected chi connectivity index (χ2v) is 9.75. The molecule has 1 aliphatic heterocycles. The third kappa shape index (κ3) is 4.77. The average molecular weight is 473 g/mol. The molecule has 0 atom stereocenters. The summed E-state index contributed by atoms with van der Waals surface area (Å²) >= 11 is 5.86. The fraction of sp³-hybridized carbons (Fsp3) is 0.217. The zero-order valence-corrected chi connectivity index (χ0v) is 18.7. The van der Waals surface area contributed by atoms with E-state index in [0.29, 0.717) is 5.02 Å². The van der Waals surface area contributed by atoms with Crippen LogP contribution in [0, 0.1) is 0 Å². The number of esters is 1. The number of hydrogen-bond acceptors (Lipinski definition) is 5. The van der Waals surface area contributed by atoms with Crippen LogP contribution in [0.3, 0.4) is 0 Å². The van der Waals surface area contributed by atoms with Gasteiger partial charge in [0.1, 0.15) is 0 Å². The van der Waals surface area contributed by atoms with Crippen LogP contribution in [0.1, 0.15) is 10.4 Å². The molecule has 1 amide bonds. The molecule has 3 aromatic carbocycles. The van der Waals surface area contributed by atoms with E-state index in [2.05, 4.69) is 0 Å². The summed E-state index contributed by atoms with van der Waals surface area (Å²) in [4.78, 5) is 26.2. The summed E-state index contributed by atoms with van der Waals surface area (Å²) in [5, 5.41) is 2.22. The lowest BCUT2D eigenvalue weighted by Crippen LogP contribution is -2.51. The zero-order chi connectivity index (χ0) is 22.7. The van der Waals surface area contributed by atoms with Crippen LogP contribution in [0.4, 0.5) is 0 Å². The number of amides is 1. The van der Waals surface area contributed by atoms with Gasteiger partial charge < -0.3 is 9.64 Å². The Morgan fingerprint density at radius 1 is 0.875 bits per heavy atom. The number of nitrogens with zero attached hydrogens (tertiary/aromatic N) is 2. The molecular weight excluding hydrogens is 452 g/mol. The third-order valence-electron chi connectivity index (χ3n) is 5.34. The fourth-order valence-electron chi connectivity index (χ4n) is 3.57. The number of sulfonamides is 1. The number of halogens is 1. The Bertz CT molecular complexity index is 1270. The molecule has 9 heteroatoms. The van der Waals surface area contributed by atoms with E-state index in [0.717, 1.165) is 10.8 Å². The van der Waals surface area contributed by atoms with Crippen molar-refractivity contribution in [1.29, 1.82) is 0 Å². The van der Waals surface area contributed by atoms with Gasteiger partial charge in [-0.15, -0.1) is 0 Å². The minimum absolute atomic E-state index is 0.170. The van der Waals surface area contributed by atoms with Crippen LogP contribution < -0.4 is 0 Å². The van der Waals surface area contributed by atoms with Crippen molar-refractivity contribution < 1.29 is 22.7 Å². The van der Waals surface area contributed by atoms with Crippen molar-refractivity contribution in [3.8, 4) is 0 Å². The standard InChI is InChI=1S/C23H21ClN2O5S/c24-20-7-3-6-19(14-20)23(28)31-16-22(27)25-10-12-26(13-11-25)32(29,30)21-9-8-17-4-1-2-5-18(17)15-21/h1-9,14-15H,10-13,16H2. The van der Waals surface area contributed by atoms with E-state index < -0.39 is 22.6 Å². The highest BCUT2D eigenvalue weighted by Gasteiger charge is 2.30. The lowest BCUT2D eigenvalue weighted by Gasteiger charge is -2.33. The van der Waals surface area contributed by atoms with Crippen molar-refractivity contribution in [3.63, 3.8) is 0 Å². The Morgan fingerprint density at radius 2 is 1.59 bits per heavy atom. The van der Waals surface area contributed by atoms with Crippen molar-refractivity contribution >= 4 is 44.3 Å². The van der Waals surface area contributed by atoms with Gasteiger partial charge in [0.25, 0.3) is 5.91 Å². The minimum atomic E-state index is -3.67. The van der Waals surface area contributed by atoms with E-state index in [1.165, 1.54) is 15.3 Å². The summed E-state index contributed by atoms with van der Waals surface area (Å²) < 4.78 is 32.6. The van der Waals surface area contributed by atoms with Crippen molar-refractivity contribution in [2.24, 2.45) is 0 Å². The highest BCUT2D eigenvalue weighted by molar-refractivity contribution is 7.89. The highest BCUT2D eigenvalue weighted by Crippen LogP contribution is 2.23. The predicted octanol–water partition coefficient (Wildman–Crippen LogP) is 3.18. The molecule has 0 unspecified atom stereocenters. The number of benzene rings is 3. The van der Waals surface area contributed by atoms with Gasteiger partial charge in [-0.2, -0.15) is 4.31 Å². The van der Waals surface area contributed by atoms with Crippen molar-refractivity contribution in [2.75, 3.05) is 32.8 Å². The van der Waals surface area contributed by atoms with E-state index in [4.69, 9.17) is 16.3 Å². The molecule has 32 heavy (non-hydrogen) atoms. The Kier molecular flexibility index (Phi) is 6.45. The molecule has 1 heterocycles. The molecule has 166 valence electrons. The summed E-state index contributed by atoms with van der Waals surface area (Å²) in [6.45, 7) is 0.371. The van der Waals surface area contributed by atoms with Crippen LogP contribution in [-0.4, -0.2) is 62.3 Å². The molecule has 4 rings (SSSR count). The Morgan fingerprint density at radius 3 is 2.31 bits per heavy atom. The molecule has 0 radical (unpaired) electrons. The number of hydrogen-bond donors (Lipinski definition) is 0. The van der Waals surface area contributed by atoms with E-state index >= 15 is 0 Å². The van der Waals surface area contributed by atoms with Gasteiger partial charge in [-0.1, -0.05) is 48.0 Å². The summed E-state index contributed by atoms with van der Waals surface area (Å²) in [5.74, 6) is -1.01. The van der Waals surface area contributed by atoms with Gasteiger partial charge >= 0.3 is 5.97 Å². The van der Waals surface area contributed by atoms with Crippen LogP contribution in [0.2, 0.25) is 5.02 Å². The minimum Gasteiger partial charge on any atom is -0.452 e. The van der Waals surface area contributed by atoms with E-state index in [1.807, 2.05) is 24.3 Å². The number of ether oxygens (including phenoxy) is 1. The lowest BCUT2D eigenvalue weighted by atomic mass is 10.1. The van der Waals surface area contributed by atoms with E-state index in [1.54, 1.807) is 36.4 Å². The molecule has 0 aromatic heterocycles. The quantitative estimate of drug-likeness (QED) is 0.532. The molecule has 1 saturated heterocycles. The molecular formula is C23H21ClN2O5S. The van der Waals surface area contributed by atoms with Crippen LogP contribution in [0.15, 0.2) is 71.6 Å². The van der Waals surface area contributed by atoms with Crippen molar-refractivity contribution in [3.05, 3.63) is 77.3 Å². The number of carbonyl (C=O) groups excluding carboxylic acids is 2. The van der Waals surface area contributed by atoms with Gasteiger partial charge in [0.05, 0.1) is 10.5 Å². The number of piperazine rings is 1. The van der Waals surface area contributed by atoms with Gasteiger partial charge in [0.2, 0.25) is 10.0 Å². The molecule has 0 saturated carbocycles. The second-order valence-electron chi connectivity index (χ2n) is 7.38. The molecule has 0 N–H and O–H groups in total. The van der Waals surface area contributed by atoms with E-state index in [9.17, 15) is 18.0 Å². The SMILES string of the molecule is O=C(OCC(=O)N1CCN(S(=O)(=O)c2ccc3ccccc3c2)CC1)c1cccc(Cl)c1. The molecule has 0 spiro atoms. The van der Waals surface area contributed by atoms with Crippen LogP contribution >= 0.6 is 11.6 Å². The third-order valence-corrected chi connectivity index (χ3v) is 7.47. The van der Waals surface area contributed by atoms with Crippen molar-refractivity contribution in [1.82, 2.24) is 9.21 Å². The maximum Gasteiger partial charge on any atom is 0.338 e. The number of carbonyl (C=O) groups is 2. The van der Waals surface area contributed by atoms with E-state index in [-0.39, 0.29) is 42.5 Å². The smallest absolute Gasteiger partial charge is 0.338 e. The molecule has 3 aromatic rings. The average Bonchev–Trinajstić information content (AvgIpc) is 2.82. The maximum absolute atomic E-state index is 13.0. The van der Waals surface area contributed by atoms with Crippen LogP contribution in [0.5, 0.6) is 0 Å². The molecule has 1 fully saturated rings. The summed E-state index contributed by atoms with van der Waals surface area (Å²) in [5.41, 5.74) is 0.261. The Hall–Kier alpha value is -2.94. The summed E-state index contributed by atoms with van der Waals surface area (Å²) in [6, 6.07) is 18.9. The molecule has 7 nitrogen and oxygen atoms in total.